The standard InChI is InChI=1S/C15H20O2/c1-17-15(11-5-6-12-15)14(16)10-9-13-7-3-2-4-8-13/h2-4,7-8H,5-6,9-12H2,1H3. The molecule has 1 aliphatic carbocycles. The van der Waals surface area contributed by atoms with Crippen LogP contribution < -0.4 is 0 Å². The highest BCUT2D eigenvalue weighted by Gasteiger charge is 2.40. The minimum atomic E-state index is -0.464. The SMILES string of the molecule is COC1(C(=O)CCc2ccccc2)CCCC1. The van der Waals surface area contributed by atoms with Gasteiger partial charge in [0.1, 0.15) is 5.60 Å². The van der Waals surface area contributed by atoms with Gasteiger partial charge in [0.05, 0.1) is 0 Å². The molecule has 0 unspecified atom stereocenters. The van der Waals surface area contributed by atoms with Gasteiger partial charge < -0.3 is 4.74 Å². The molecule has 0 heterocycles. The first-order chi connectivity index (χ1) is 8.27. The molecule has 1 aromatic rings. The summed E-state index contributed by atoms with van der Waals surface area (Å²) in [6.07, 6.45) is 5.45. The van der Waals surface area contributed by atoms with Crippen molar-refractivity contribution in [3.8, 4) is 0 Å². The summed E-state index contributed by atoms with van der Waals surface area (Å²) in [7, 11) is 1.67. The summed E-state index contributed by atoms with van der Waals surface area (Å²) in [5.74, 6) is 0.279. The molecular weight excluding hydrogens is 212 g/mol. The van der Waals surface area contributed by atoms with Crippen LogP contribution in [0.4, 0.5) is 0 Å². The van der Waals surface area contributed by atoms with Crippen molar-refractivity contribution in [2.45, 2.75) is 44.1 Å². The second-order valence-corrected chi connectivity index (χ2v) is 4.81. The van der Waals surface area contributed by atoms with E-state index in [1.54, 1.807) is 7.11 Å². The Morgan fingerprint density at radius 3 is 2.47 bits per heavy atom. The predicted octanol–water partition coefficient (Wildman–Crippen LogP) is 3.15. The molecule has 2 rings (SSSR count). The van der Waals surface area contributed by atoms with Gasteiger partial charge in [-0.2, -0.15) is 0 Å². The van der Waals surface area contributed by atoms with Crippen LogP contribution >= 0.6 is 0 Å². The second-order valence-electron chi connectivity index (χ2n) is 4.81. The van der Waals surface area contributed by atoms with E-state index in [4.69, 9.17) is 4.74 Å². The monoisotopic (exact) mass is 232 g/mol. The number of rotatable bonds is 5. The fourth-order valence-corrected chi connectivity index (χ4v) is 2.67. The van der Waals surface area contributed by atoms with Crippen LogP contribution in [0.1, 0.15) is 37.7 Å². The number of benzene rings is 1. The maximum atomic E-state index is 12.2. The first-order valence-electron chi connectivity index (χ1n) is 6.39. The molecule has 0 N–H and O–H groups in total. The van der Waals surface area contributed by atoms with Gasteiger partial charge in [-0.1, -0.05) is 30.3 Å². The van der Waals surface area contributed by atoms with Crippen molar-refractivity contribution < 1.29 is 9.53 Å². The van der Waals surface area contributed by atoms with E-state index in [-0.39, 0.29) is 5.78 Å². The average molecular weight is 232 g/mol. The molecule has 1 saturated carbocycles. The lowest BCUT2D eigenvalue weighted by Crippen LogP contribution is -2.37. The normalized spacial score (nSPS) is 18.2. The van der Waals surface area contributed by atoms with Gasteiger partial charge in [-0.25, -0.2) is 0 Å². The third kappa shape index (κ3) is 2.75. The molecule has 2 heteroatoms. The quantitative estimate of drug-likeness (QED) is 0.779. The molecule has 92 valence electrons. The number of Topliss-reactive ketones (excluding diaryl/α,β-unsaturated/α-hetero) is 1. The number of aryl methyl sites for hydroxylation is 1. The van der Waals surface area contributed by atoms with Crippen LogP contribution in [0, 0.1) is 0 Å². The Morgan fingerprint density at radius 2 is 1.88 bits per heavy atom. The molecule has 0 saturated heterocycles. The van der Waals surface area contributed by atoms with Gasteiger partial charge in [0.25, 0.3) is 0 Å². The largest absolute Gasteiger partial charge is 0.370 e. The summed E-state index contributed by atoms with van der Waals surface area (Å²) in [6.45, 7) is 0. The van der Waals surface area contributed by atoms with Crippen molar-refractivity contribution in [2.75, 3.05) is 7.11 Å². The van der Waals surface area contributed by atoms with Gasteiger partial charge in [-0.15, -0.1) is 0 Å². The van der Waals surface area contributed by atoms with Crippen molar-refractivity contribution in [1.29, 1.82) is 0 Å². The molecular formula is C15H20O2. The van der Waals surface area contributed by atoms with Crippen LogP contribution in [0.15, 0.2) is 30.3 Å². The molecule has 1 fully saturated rings. The van der Waals surface area contributed by atoms with Crippen LogP contribution in [0.5, 0.6) is 0 Å². The highest BCUT2D eigenvalue weighted by Crippen LogP contribution is 2.34. The predicted molar refractivity (Wildman–Crippen MR) is 68.0 cm³/mol. The number of ketones is 1. The molecule has 0 bridgehead atoms. The molecule has 0 aromatic heterocycles. The molecule has 1 aliphatic rings. The maximum absolute atomic E-state index is 12.2. The fourth-order valence-electron chi connectivity index (χ4n) is 2.67. The Bertz CT molecular complexity index is 364. The highest BCUT2D eigenvalue weighted by atomic mass is 16.5. The number of carbonyl (C=O) groups excluding carboxylic acids is 1. The van der Waals surface area contributed by atoms with Crippen LogP contribution in [0.25, 0.3) is 0 Å². The van der Waals surface area contributed by atoms with E-state index in [1.165, 1.54) is 5.56 Å². The lowest BCUT2D eigenvalue weighted by Gasteiger charge is -2.25. The van der Waals surface area contributed by atoms with E-state index in [0.29, 0.717) is 6.42 Å². The highest BCUT2D eigenvalue weighted by molar-refractivity contribution is 5.87. The van der Waals surface area contributed by atoms with Crippen molar-refractivity contribution in [3.63, 3.8) is 0 Å². The van der Waals surface area contributed by atoms with Crippen molar-refractivity contribution in [1.82, 2.24) is 0 Å². The zero-order valence-corrected chi connectivity index (χ0v) is 10.4. The molecule has 17 heavy (non-hydrogen) atoms. The number of carbonyl (C=O) groups is 1. The maximum Gasteiger partial charge on any atom is 0.164 e. The van der Waals surface area contributed by atoms with E-state index in [1.807, 2.05) is 18.2 Å². The van der Waals surface area contributed by atoms with E-state index in [0.717, 1.165) is 32.1 Å². The lowest BCUT2D eigenvalue weighted by atomic mass is 9.92. The van der Waals surface area contributed by atoms with Gasteiger partial charge in [0.2, 0.25) is 0 Å². The summed E-state index contributed by atoms with van der Waals surface area (Å²) in [5, 5.41) is 0. The summed E-state index contributed by atoms with van der Waals surface area (Å²) < 4.78 is 5.50. The lowest BCUT2D eigenvalue weighted by molar-refractivity contribution is -0.140. The van der Waals surface area contributed by atoms with Crippen LogP contribution in [-0.2, 0) is 16.0 Å². The fraction of sp³-hybridized carbons (Fsp3) is 0.533. The minimum absolute atomic E-state index is 0.279. The number of hydrogen-bond acceptors (Lipinski definition) is 2. The Morgan fingerprint density at radius 1 is 1.24 bits per heavy atom. The zero-order chi connectivity index (χ0) is 12.1. The molecule has 2 nitrogen and oxygen atoms in total. The Balaban J connectivity index is 1.93. The van der Waals surface area contributed by atoms with Gasteiger partial charge in [0, 0.05) is 13.5 Å². The molecule has 0 amide bonds. The minimum Gasteiger partial charge on any atom is -0.370 e. The Labute approximate surface area is 103 Å². The third-order valence-corrected chi connectivity index (χ3v) is 3.79. The van der Waals surface area contributed by atoms with E-state index < -0.39 is 5.60 Å². The first-order valence-corrected chi connectivity index (χ1v) is 6.39. The second kappa shape index (κ2) is 5.46. The van der Waals surface area contributed by atoms with E-state index in [9.17, 15) is 4.79 Å². The zero-order valence-electron chi connectivity index (χ0n) is 10.4. The number of methoxy groups -OCH3 is 1. The smallest absolute Gasteiger partial charge is 0.164 e. The van der Waals surface area contributed by atoms with Gasteiger partial charge in [-0.3, -0.25) is 4.79 Å². The van der Waals surface area contributed by atoms with Crippen LogP contribution in [0.2, 0.25) is 0 Å². The number of hydrogen-bond donors (Lipinski definition) is 0. The van der Waals surface area contributed by atoms with Gasteiger partial charge >= 0.3 is 0 Å². The van der Waals surface area contributed by atoms with Crippen molar-refractivity contribution in [2.24, 2.45) is 0 Å². The summed E-state index contributed by atoms with van der Waals surface area (Å²) in [4.78, 5) is 12.2. The van der Waals surface area contributed by atoms with E-state index >= 15 is 0 Å². The molecule has 0 radical (unpaired) electrons. The summed E-state index contributed by atoms with van der Waals surface area (Å²) in [6, 6.07) is 10.2. The van der Waals surface area contributed by atoms with Gasteiger partial charge in [0.15, 0.2) is 5.78 Å². The number of ether oxygens (including phenoxy) is 1. The van der Waals surface area contributed by atoms with Crippen molar-refractivity contribution >= 4 is 5.78 Å². The third-order valence-electron chi connectivity index (χ3n) is 3.79. The summed E-state index contributed by atoms with van der Waals surface area (Å²) in [5.41, 5.74) is 0.763. The van der Waals surface area contributed by atoms with Crippen LogP contribution in [0.3, 0.4) is 0 Å². The van der Waals surface area contributed by atoms with Gasteiger partial charge in [-0.05, 0) is 37.7 Å². The topological polar surface area (TPSA) is 26.3 Å². The Hall–Kier alpha value is -1.15. The van der Waals surface area contributed by atoms with Crippen LogP contribution in [-0.4, -0.2) is 18.5 Å². The van der Waals surface area contributed by atoms with Crippen molar-refractivity contribution in [3.05, 3.63) is 35.9 Å². The van der Waals surface area contributed by atoms with E-state index in [2.05, 4.69) is 12.1 Å². The average Bonchev–Trinajstić information content (AvgIpc) is 2.87. The Kier molecular flexibility index (Phi) is 3.95. The molecule has 1 aromatic carbocycles. The molecule has 0 spiro atoms. The first kappa shape index (κ1) is 12.3. The molecule has 0 atom stereocenters. The molecule has 0 aliphatic heterocycles. The summed E-state index contributed by atoms with van der Waals surface area (Å²) >= 11 is 0.